The Labute approximate surface area is 169 Å². The van der Waals surface area contributed by atoms with Gasteiger partial charge in [-0.05, 0) is 30.7 Å². The molecule has 28 heavy (non-hydrogen) atoms. The highest BCUT2D eigenvalue weighted by atomic mass is 35.5. The van der Waals surface area contributed by atoms with E-state index in [4.69, 9.17) is 5.73 Å². The van der Waals surface area contributed by atoms with Crippen LogP contribution in [0.15, 0.2) is 59.5 Å². The summed E-state index contributed by atoms with van der Waals surface area (Å²) in [6, 6.07) is 13.7. The Morgan fingerprint density at radius 3 is 2.39 bits per heavy atom. The zero-order valence-electron chi connectivity index (χ0n) is 15.1. The van der Waals surface area contributed by atoms with Crippen LogP contribution < -0.4 is 15.8 Å². The zero-order valence-corrected chi connectivity index (χ0v) is 16.7. The molecule has 6 nitrogen and oxygen atoms in total. The molecule has 0 aliphatic carbocycles. The summed E-state index contributed by atoms with van der Waals surface area (Å²) >= 11 is 0. The highest BCUT2D eigenvalue weighted by Crippen LogP contribution is 2.18. The first-order chi connectivity index (χ1) is 12.6. The van der Waals surface area contributed by atoms with Crippen LogP contribution >= 0.6 is 12.4 Å². The minimum absolute atomic E-state index is 0. The fourth-order valence-electron chi connectivity index (χ4n) is 2.30. The molecule has 2 aromatic carbocycles. The topological polar surface area (TPSA) is 101 Å². The van der Waals surface area contributed by atoms with Crippen LogP contribution in [0.2, 0.25) is 0 Å². The molecule has 0 fully saturated rings. The maximum atomic E-state index is 13.2. The van der Waals surface area contributed by atoms with E-state index in [9.17, 15) is 22.0 Å². The number of alkyl halides is 2. The zero-order chi connectivity index (χ0) is 20.1. The number of nitrogens with two attached hydrogens (primary N) is 1. The lowest BCUT2D eigenvalue weighted by Gasteiger charge is -2.16. The van der Waals surface area contributed by atoms with Crippen molar-refractivity contribution >= 4 is 28.3 Å². The van der Waals surface area contributed by atoms with E-state index in [1.165, 1.54) is 18.2 Å². The van der Waals surface area contributed by atoms with Crippen LogP contribution in [-0.2, 0) is 10.0 Å². The van der Waals surface area contributed by atoms with Crippen LogP contribution in [0.5, 0.6) is 0 Å². The number of halogens is 3. The van der Waals surface area contributed by atoms with Gasteiger partial charge in [-0.25, -0.2) is 21.9 Å². The Morgan fingerprint density at radius 2 is 1.79 bits per heavy atom. The summed E-state index contributed by atoms with van der Waals surface area (Å²) in [6.45, 7) is -0.135. The summed E-state index contributed by atoms with van der Waals surface area (Å²) in [7, 11) is -3.91. The standard InChI is InChI=1S/C18H21F2N3O3S.ClH/c1-13(14-6-3-2-4-7-14)23-27(25,26)16-9-5-8-15(10-16)17(24)22-12-18(19,20)11-21;/h2-10,13,23H,11-12,21H2,1H3,(H,22,24);1H. The van der Waals surface area contributed by atoms with Crippen molar-refractivity contribution in [3.63, 3.8) is 0 Å². The van der Waals surface area contributed by atoms with E-state index in [0.717, 1.165) is 11.6 Å². The van der Waals surface area contributed by atoms with Crippen molar-refractivity contribution < 1.29 is 22.0 Å². The van der Waals surface area contributed by atoms with Gasteiger partial charge in [-0.3, -0.25) is 4.79 Å². The fraction of sp³-hybridized carbons (Fsp3) is 0.278. The molecule has 2 rings (SSSR count). The summed E-state index contributed by atoms with van der Waals surface area (Å²) < 4.78 is 54.0. The van der Waals surface area contributed by atoms with Gasteiger partial charge in [0.2, 0.25) is 10.0 Å². The highest BCUT2D eigenvalue weighted by Gasteiger charge is 2.27. The molecule has 0 saturated heterocycles. The second-order valence-corrected chi connectivity index (χ2v) is 7.74. The smallest absolute Gasteiger partial charge is 0.277 e. The molecule has 10 heteroatoms. The van der Waals surface area contributed by atoms with Gasteiger partial charge in [-0.15, -0.1) is 12.4 Å². The van der Waals surface area contributed by atoms with Gasteiger partial charge < -0.3 is 11.1 Å². The molecule has 0 aliphatic heterocycles. The molecule has 154 valence electrons. The van der Waals surface area contributed by atoms with Crippen molar-refractivity contribution in [1.29, 1.82) is 0 Å². The van der Waals surface area contributed by atoms with E-state index in [2.05, 4.69) is 10.0 Å². The van der Waals surface area contributed by atoms with Crippen molar-refractivity contribution in [2.75, 3.05) is 13.1 Å². The van der Waals surface area contributed by atoms with Crippen molar-refractivity contribution in [1.82, 2.24) is 10.0 Å². The Hall–Kier alpha value is -2.07. The summed E-state index contributed by atoms with van der Waals surface area (Å²) in [5.41, 5.74) is 5.65. The fourth-order valence-corrected chi connectivity index (χ4v) is 3.58. The normalized spacial score (nSPS) is 12.7. The van der Waals surface area contributed by atoms with Gasteiger partial charge in [-0.2, -0.15) is 0 Å². The lowest BCUT2D eigenvalue weighted by atomic mass is 10.1. The quantitative estimate of drug-likeness (QED) is 0.595. The number of rotatable bonds is 8. The van der Waals surface area contributed by atoms with Crippen LogP contribution in [-0.4, -0.2) is 33.3 Å². The molecular weight excluding hydrogens is 412 g/mol. The summed E-state index contributed by atoms with van der Waals surface area (Å²) in [4.78, 5) is 11.9. The lowest BCUT2D eigenvalue weighted by Crippen LogP contribution is -2.41. The molecule has 1 unspecified atom stereocenters. The van der Waals surface area contributed by atoms with Crippen LogP contribution in [0.3, 0.4) is 0 Å². The lowest BCUT2D eigenvalue weighted by molar-refractivity contribution is 0.0118. The van der Waals surface area contributed by atoms with Crippen molar-refractivity contribution in [2.24, 2.45) is 5.73 Å². The van der Waals surface area contributed by atoms with Crippen LogP contribution in [0, 0.1) is 0 Å². The maximum Gasteiger partial charge on any atom is 0.277 e. The summed E-state index contributed by atoms with van der Waals surface area (Å²) in [5, 5.41) is 2.05. The van der Waals surface area contributed by atoms with Gasteiger partial charge in [0, 0.05) is 11.6 Å². The Bertz CT molecular complexity index is 896. The Kier molecular flexibility index (Phi) is 8.49. The molecule has 0 aliphatic rings. The van der Waals surface area contributed by atoms with Gasteiger partial charge in [0.25, 0.3) is 11.8 Å². The number of carbonyl (C=O) groups is 1. The number of amides is 1. The van der Waals surface area contributed by atoms with Crippen molar-refractivity contribution in [2.45, 2.75) is 23.8 Å². The summed E-state index contributed by atoms with van der Waals surface area (Å²) in [5.74, 6) is -4.04. The average Bonchev–Trinajstić information content (AvgIpc) is 2.66. The monoisotopic (exact) mass is 433 g/mol. The second kappa shape index (κ2) is 9.92. The Morgan fingerprint density at radius 1 is 1.14 bits per heavy atom. The van der Waals surface area contributed by atoms with Crippen LogP contribution in [0.4, 0.5) is 8.78 Å². The molecule has 0 saturated carbocycles. The first kappa shape index (κ1) is 24.0. The maximum absolute atomic E-state index is 13.2. The molecule has 1 atom stereocenters. The van der Waals surface area contributed by atoms with Gasteiger partial charge in [0.05, 0.1) is 18.0 Å². The highest BCUT2D eigenvalue weighted by molar-refractivity contribution is 7.89. The predicted octanol–water partition coefficient (Wildman–Crippen LogP) is 2.47. The van der Waals surface area contributed by atoms with Crippen molar-refractivity contribution in [3.05, 3.63) is 65.7 Å². The molecular formula is C18H22ClF2N3O3S. The third-order valence-corrected chi connectivity index (χ3v) is 5.38. The number of sulfonamides is 1. The molecule has 1 amide bonds. The number of nitrogens with one attached hydrogen (secondary N) is 2. The van der Waals surface area contributed by atoms with E-state index >= 15 is 0 Å². The molecule has 0 bridgehead atoms. The number of hydrogen-bond acceptors (Lipinski definition) is 4. The molecule has 0 spiro atoms. The van der Waals surface area contributed by atoms with Crippen LogP contribution in [0.25, 0.3) is 0 Å². The first-order valence-electron chi connectivity index (χ1n) is 8.18. The predicted molar refractivity (Wildman–Crippen MR) is 105 cm³/mol. The molecule has 0 radical (unpaired) electrons. The van der Waals surface area contributed by atoms with E-state index in [-0.39, 0.29) is 22.9 Å². The van der Waals surface area contributed by atoms with Gasteiger partial charge in [-0.1, -0.05) is 36.4 Å². The largest absolute Gasteiger partial charge is 0.346 e. The molecule has 0 aromatic heterocycles. The molecule has 2 aromatic rings. The SMILES string of the molecule is CC(NS(=O)(=O)c1cccc(C(=O)NCC(F)(F)CN)c1)c1ccccc1.Cl. The molecule has 4 N–H and O–H groups in total. The van der Waals surface area contributed by atoms with E-state index < -0.39 is 41.0 Å². The van der Waals surface area contributed by atoms with E-state index in [1.54, 1.807) is 31.2 Å². The number of carbonyl (C=O) groups excluding carboxylic acids is 1. The minimum Gasteiger partial charge on any atom is -0.346 e. The van der Waals surface area contributed by atoms with Crippen molar-refractivity contribution in [3.8, 4) is 0 Å². The average molecular weight is 434 g/mol. The third-order valence-electron chi connectivity index (χ3n) is 3.84. The van der Waals surface area contributed by atoms with Gasteiger partial charge in [0.15, 0.2) is 0 Å². The Balaban J connectivity index is 0.00000392. The summed E-state index contributed by atoms with van der Waals surface area (Å²) in [6.07, 6.45) is 0. The number of benzene rings is 2. The number of hydrogen-bond donors (Lipinski definition) is 3. The van der Waals surface area contributed by atoms with Gasteiger partial charge >= 0.3 is 0 Å². The second-order valence-electron chi connectivity index (χ2n) is 6.02. The van der Waals surface area contributed by atoms with E-state index in [0.29, 0.717) is 0 Å². The van der Waals surface area contributed by atoms with Crippen LogP contribution in [0.1, 0.15) is 28.9 Å². The van der Waals surface area contributed by atoms with E-state index in [1.807, 2.05) is 6.07 Å². The first-order valence-corrected chi connectivity index (χ1v) is 9.66. The minimum atomic E-state index is -3.91. The van der Waals surface area contributed by atoms with Gasteiger partial charge in [0.1, 0.15) is 0 Å². The molecule has 0 heterocycles. The third kappa shape index (κ3) is 6.52.